The number of nitrogens with one attached hydrogen (secondary N) is 1. The van der Waals surface area contributed by atoms with E-state index in [1.807, 2.05) is 24.3 Å². The highest BCUT2D eigenvalue weighted by Crippen LogP contribution is 2.22. The molecule has 0 aliphatic heterocycles. The van der Waals surface area contributed by atoms with Crippen LogP contribution in [0.3, 0.4) is 0 Å². The van der Waals surface area contributed by atoms with Crippen LogP contribution in [0.5, 0.6) is 0 Å². The van der Waals surface area contributed by atoms with Crippen LogP contribution in [0, 0.1) is 0 Å². The van der Waals surface area contributed by atoms with Crippen molar-refractivity contribution in [2.24, 2.45) is 0 Å². The summed E-state index contributed by atoms with van der Waals surface area (Å²) < 4.78 is 0. The van der Waals surface area contributed by atoms with E-state index >= 15 is 0 Å². The predicted octanol–water partition coefficient (Wildman–Crippen LogP) is 3.26. The molecule has 0 aromatic heterocycles. The molecule has 0 saturated heterocycles. The first kappa shape index (κ1) is 15.7. The first-order chi connectivity index (χ1) is 8.80. The van der Waals surface area contributed by atoms with Gasteiger partial charge in [0.1, 0.15) is 0 Å². The molecule has 0 fully saturated rings. The molecule has 1 N–H and O–H groups in total. The third-order valence-corrected chi connectivity index (χ3v) is 3.04. The van der Waals surface area contributed by atoms with E-state index in [1.54, 1.807) is 0 Å². The summed E-state index contributed by atoms with van der Waals surface area (Å²) in [5.74, 6) is -0.123. The van der Waals surface area contributed by atoms with Crippen molar-refractivity contribution in [2.75, 3.05) is 6.54 Å². The average molecular weight is 282 g/mol. The van der Waals surface area contributed by atoms with Gasteiger partial charge in [0, 0.05) is 18.5 Å². The lowest BCUT2D eigenvalue weighted by atomic mass is 9.87. The van der Waals surface area contributed by atoms with Crippen molar-refractivity contribution < 1.29 is 9.59 Å². The molecule has 0 unspecified atom stereocenters. The van der Waals surface area contributed by atoms with Gasteiger partial charge in [-0.15, -0.1) is 0 Å². The van der Waals surface area contributed by atoms with Crippen LogP contribution in [0.15, 0.2) is 24.3 Å². The molecule has 104 valence electrons. The number of benzene rings is 1. The summed E-state index contributed by atoms with van der Waals surface area (Å²) in [4.78, 5) is 22.4. The van der Waals surface area contributed by atoms with E-state index in [0.29, 0.717) is 18.5 Å². The maximum absolute atomic E-state index is 11.8. The molecule has 0 aliphatic carbocycles. The van der Waals surface area contributed by atoms with Crippen LogP contribution in [-0.4, -0.2) is 17.7 Å². The SMILES string of the molecule is CC(C)(C)c1ccc(C(=O)NCCCC(=O)Cl)cc1. The Hall–Kier alpha value is -1.35. The zero-order valence-corrected chi connectivity index (χ0v) is 12.4. The third-order valence-electron chi connectivity index (χ3n) is 2.85. The molecule has 0 atom stereocenters. The van der Waals surface area contributed by atoms with Gasteiger partial charge >= 0.3 is 0 Å². The van der Waals surface area contributed by atoms with Crippen molar-refractivity contribution in [1.82, 2.24) is 5.32 Å². The topological polar surface area (TPSA) is 46.2 Å². The Balaban J connectivity index is 2.52. The summed E-state index contributed by atoms with van der Waals surface area (Å²) in [6.07, 6.45) is 0.846. The van der Waals surface area contributed by atoms with Gasteiger partial charge in [0.2, 0.25) is 5.24 Å². The summed E-state index contributed by atoms with van der Waals surface area (Å²) >= 11 is 5.22. The van der Waals surface area contributed by atoms with Crippen LogP contribution in [0.1, 0.15) is 49.5 Å². The van der Waals surface area contributed by atoms with Gasteiger partial charge in [0.25, 0.3) is 5.91 Å². The lowest BCUT2D eigenvalue weighted by molar-refractivity contribution is -0.111. The van der Waals surface area contributed by atoms with Crippen molar-refractivity contribution in [3.05, 3.63) is 35.4 Å². The van der Waals surface area contributed by atoms with Gasteiger partial charge in [0.05, 0.1) is 0 Å². The number of halogens is 1. The molecule has 1 aromatic carbocycles. The van der Waals surface area contributed by atoms with Gasteiger partial charge in [0.15, 0.2) is 0 Å². The van der Waals surface area contributed by atoms with Crippen LogP contribution in [-0.2, 0) is 10.2 Å². The first-order valence-electron chi connectivity index (χ1n) is 6.38. The van der Waals surface area contributed by atoms with E-state index < -0.39 is 0 Å². The minimum Gasteiger partial charge on any atom is -0.352 e. The molecule has 1 amide bonds. The molecule has 4 heteroatoms. The molecule has 0 saturated carbocycles. The van der Waals surface area contributed by atoms with Crippen molar-refractivity contribution in [3.63, 3.8) is 0 Å². The van der Waals surface area contributed by atoms with Gasteiger partial charge in [-0.05, 0) is 41.1 Å². The predicted molar refractivity (Wildman–Crippen MR) is 77.6 cm³/mol. The molecular weight excluding hydrogens is 262 g/mol. The number of hydrogen-bond acceptors (Lipinski definition) is 2. The monoisotopic (exact) mass is 281 g/mol. The average Bonchev–Trinajstić information content (AvgIpc) is 2.33. The van der Waals surface area contributed by atoms with E-state index in [2.05, 4.69) is 26.1 Å². The summed E-state index contributed by atoms with van der Waals surface area (Å²) in [6.45, 7) is 6.85. The Morgan fingerprint density at radius 3 is 2.21 bits per heavy atom. The summed E-state index contributed by atoms with van der Waals surface area (Å²) in [7, 11) is 0. The summed E-state index contributed by atoms with van der Waals surface area (Å²) in [5.41, 5.74) is 1.90. The number of carbonyl (C=O) groups is 2. The second kappa shape index (κ2) is 6.71. The van der Waals surface area contributed by atoms with Gasteiger partial charge < -0.3 is 5.32 Å². The zero-order valence-electron chi connectivity index (χ0n) is 11.6. The molecule has 0 radical (unpaired) electrons. The van der Waals surface area contributed by atoms with E-state index in [4.69, 9.17) is 11.6 Å². The van der Waals surface area contributed by atoms with Crippen LogP contribution < -0.4 is 5.32 Å². The highest BCUT2D eigenvalue weighted by molar-refractivity contribution is 6.63. The van der Waals surface area contributed by atoms with Crippen molar-refractivity contribution in [1.29, 1.82) is 0 Å². The Kier molecular flexibility index (Phi) is 5.55. The fraction of sp³-hybridized carbons (Fsp3) is 0.467. The molecule has 0 heterocycles. The number of hydrogen-bond donors (Lipinski definition) is 1. The Bertz CT molecular complexity index is 446. The molecule has 3 nitrogen and oxygen atoms in total. The largest absolute Gasteiger partial charge is 0.352 e. The minimum absolute atomic E-state index is 0.0791. The highest BCUT2D eigenvalue weighted by Gasteiger charge is 2.14. The number of rotatable bonds is 5. The molecule has 0 aliphatic rings. The quantitative estimate of drug-likeness (QED) is 0.665. The molecular formula is C15H20ClNO2. The van der Waals surface area contributed by atoms with E-state index in [0.717, 1.165) is 0 Å². The molecule has 1 aromatic rings. The van der Waals surface area contributed by atoms with Crippen LogP contribution in [0.25, 0.3) is 0 Å². The van der Waals surface area contributed by atoms with Crippen LogP contribution in [0.4, 0.5) is 0 Å². The lowest BCUT2D eigenvalue weighted by Crippen LogP contribution is -2.24. The fourth-order valence-electron chi connectivity index (χ4n) is 1.65. The fourth-order valence-corrected chi connectivity index (χ4v) is 1.79. The second-order valence-corrected chi connectivity index (χ2v) is 5.96. The van der Waals surface area contributed by atoms with Crippen LogP contribution >= 0.6 is 11.6 Å². The summed E-state index contributed by atoms with van der Waals surface area (Å²) in [6, 6.07) is 7.58. The standard InChI is InChI=1S/C15H20ClNO2/c1-15(2,3)12-8-6-11(7-9-12)14(19)17-10-4-5-13(16)18/h6-9H,4-5,10H2,1-3H3,(H,17,19). The first-order valence-corrected chi connectivity index (χ1v) is 6.75. The Labute approximate surface area is 119 Å². The zero-order chi connectivity index (χ0) is 14.5. The second-order valence-electron chi connectivity index (χ2n) is 5.54. The van der Waals surface area contributed by atoms with Gasteiger partial charge in [-0.3, -0.25) is 9.59 Å². The lowest BCUT2D eigenvalue weighted by Gasteiger charge is -2.19. The molecule has 0 spiro atoms. The van der Waals surface area contributed by atoms with Crippen molar-refractivity contribution in [3.8, 4) is 0 Å². The number of amides is 1. The van der Waals surface area contributed by atoms with Gasteiger partial charge in [-0.2, -0.15) is 0 Å². The molecule has 19 heavy (non-hydrogen) atoms. The normalized spacial score (nSPS) is 11.2. The minimum atomic E-state index is -0.372. The van der Waals surface area contributed by atoms with Gasteiger partial charge in [-0.1, -0.05) is 32.9 Å². The third kappa shape index (κ3) is 5.43. The maximum atomic E-state index is 11.8. The van der Waals surface area contributed by atoms with E-state index in [1.165, 1.54) is 5.56 Å². The van der Waals surface area contributed by atoms with E-state index in [-0.39, 0.29) is 23.0 Å². The van der Waals surface area contributed by atoms with Crippen molar-refractivity contribution >= 4 is 22.8 Å². The highest BCUT2D eigenvalue weighted by atomic mass is 35.5. The Morgan fingerprint density at radius 2 is 1.74 bits per heavy atom. The van der Waals surface area contributed by atoms with Crippen molar-refractivity contribution in [2.45, 2.75) is 39.0 Å². The smallest absolute Gasteiger partial charge is 0.251 e. The summed E-state index contributed by atoms with van der Waals surface area (Å²) in [5, 5.41) is 2.39. The Morgan fingerprint density at radius 1 is 1.16 bits per heavy atom. The maximum Gasteiger partial charge on any atom is 0.251 e. The number of carbonyl (C=O) groups excluding carboxylic acids is 2. The molecule has 1 rings (SSSR count). The van der Waals surface area contributed by atoms with Gasteiger partial charge in [-0.25, -0.2) is 0 Å². The van der Waals surface area contributed by atoms with Crippen LogP contribution in [0.2, 0.25) is 0 Å². The molecule has 0 bridgehead atoms. The van der Waals surface area contributed by atoms with E-state index in [9.17, 15) is 9.59 Å².